The number of nitrogens with zero attached hydrogens (tertiary/aromatic N) is 1. The molecule has 1 aromatic rings. The Kier molecular flexibility index (Phi) is 3.33. The van der Waals surface area contributed by atoms with Crippen LogP contribution in [0.4, 0.5) is 10.5 Å². The van der Waals surface area contributed by atoms with E-state index < -0.39 is 0 Å². The van der Waals surface area contributed by atoms with E-state index in [2.05, 4.69) is 0 Å². The van der Waals surface area contributed by atoms with Crippen LogP contribution in [0.2, 0.25) is 0 Å². The lowest BCUT2D eigenvalue weighted by molar-refractivity contribution is 0.130. The first kappa shape index (κ1) is 11.9. The Labute approximate surface area is 101 Å². The van der Waals surface area contributed by atoms with Gasteiger partial charge >= 0.3 is 6.09 Å². The monoisotopic (exact) mass is 234 g/mol. The zero-order chi connectivity index (χ0) is 12.4. The molecule has 1 amide bonds. The summed E-state index contributed by atoms with van der Waals surface area (Å²) in [6.45, 7) is 5.00. The minimum Gasteiger partial charge on any atom is -0.449 e. The Morgan fingerprint density at radius 2 is 2.18 bits per heavy atom. The van der Waals surface area contributed by atoms with Crippen LogP contribution < -0.4 is 10.6 Å². The number of hydrogen-bond acceptors (Lipinski definition) is 3. The van der Waals surface area contributed by atoms with Crippen molar-refractivity contribution in [2.45, 2.75) is 26.3 Å². The van der Waals surface area contributed by atoms with Crippen molar-refractivity contribution >= 4 is 11.8 Å². The van der Waals surface area contributed by atoms with Crippen LogP contribution in [0, 0.1) is 13.8 Å². The molecule has 0 spiro atoms. The Morgan fingerprint density at radius 1 is 1.41 bits per heavy atom. The van der Waals surface area contributed by atoms with Gasteiger partial charge in [0.1, 0.15) is 0 Å². The van der Waals surface area contributed by atoms with E-state index >= 15 is 0 Å². The van der Waals surface area contributed by atoms with Gasteiger partial charge in [0, 0.05) is 18.7 Å². The summed E-state index contributed by atoms with van der Waals surface area (Å²) in [5, 5.41) is 0. The van der Waals surface area contributed by atoms with Gasteiger partial charge in [0.2, 0.25) is 0 Å². The summed E-state index contributed by atoms with van der Waals surface area (Å²) in [7, 11) is 0. The maximum atomic E-state index is 11.8. The van der Waals surface area contributed by atoms with Crippen molar-refractivity contribution < 1.29 is 9.53 Å². The lowest BCUT2D eigenvalue weighted by atomic mass is 10.1. The number of ether oxygens (including phenoxy) is 1. The van der Waals surface area contributed by atoms with E-state index in [-0.39, 0.29) is 12.1 Å². The molecule has 0 bridgehead atoms. The summed E-state index contributed by atoms with van der Waals surface area (Å²) in [5.74, 6) is 0. The smallest absolute Gasteiger partial charge is 0.414 e. The second-order valence-corrected chi connectivity index (χ2v) is 4.43. The second-order valence-electron chi connectivity index (χ2n) is 4.43. The third kappa shape index (κ3) is 2.26. The largest absolute Gasteiger partial charge is 0.449 e. The zero-order valence-electron chi connectivity index (χ0n) is 10.3. The van der Waals surface area contributed by atoms with Gasteiger partial charge in [-0.2, -0.15) is 0 Å². The van der Waals surface area contributed by atoms with Gasteiger partial charge in [-0.15, -0.1) is 0 Å². The predicted octanol–water partition coefficient (Wildman–Crippen LogP) is 1.98. The van der Waals surface area contributed by atoms with Crippen molar-refractivity contribution in [1.82, 2.24) is 0 Å². The molecule has 2 N–H and O–H groups in total. The quantitative estimate of drug-likeness (QED) is 0.851. The van der Waals surface area contributed by atoms with E-state index in [1.165, 1.54) is 5.56 Å². The van der Waals surface area contributed by atoms with Crippen LogP contribution in [0.3, 0.4) is 0 Å². The van der Waals surface area contributed by atoms with E-state index in [0.717, 1.165) is 17.7 Å². The maximum absolute atomic E-state index is 11.8. The summed E-state index contributed by atoms with van der Waals surface area (Å²) in [5.41, 5.74) is 8.96. The average Bonchev–Trinajstić information content (AvgIpc) is 2.32. The van der Waals surface area contributed by atoms with Gasteiger partial charge in [-0.05, 0) is 37.1 Å². The minimum atomic E-state index is -0.296. The fraction of sp³-hybridized carbons (Fsp3) is 0.462. The highest BCUT2D eigenvalue weighted by atomic mass is 16.6. The van der Waals surface area contributed by atoms with E-state index in [0.29, 0.717) is 13.2 Å². The van der Waals surface area contributed by atoms with Crippen molar-refractivity contribution in [1.29, 1.82) is 0 Å². The summed E-state index contributed by atoms with van der Waals surface area (Å²) < 4.78 is 5.08. The lowest BCUT2D eigenvalue weighted by Crippen LogP contribution is -2.49. The summed E-state index contributed by atoms with van der Waals surface area (Å²) in [6.07, 6.45) is 0.491. The lowest BCUT2D eigenvalue weighted by Gasteiger charge is -2.34. The molecular weight excluding hydrogens is 216 g/mol. The first-order valence-corrected chi connectivity index (χ1v) is 5.87. The average molecular weight is 234 g/mol. The maximum Gasteiger partial charge on any atom is 0.414 e. The fourth-order valence-corrected chi connectivity index (χ4v) is 2.04. The standard InChI is InChI=1S/C13H18N2O2/c1-9-3-4-11(7-10(9)2)15-12(8-14)5-6-17-13(15)16/h3-4,7,12H,5-6,8,14H2,1-2H3. The topological polar surface area (TPSA) is 55.6 Å². The van der Waals surface area contributed by atoms with E-state index in [9.17, 15) is 4.79 Å². The Bertz CT molecular complexity index is 431. The number of hydrogen-bond donors (Lipinski definition) is 1. The predicted molar refractivity (Wildman–Crippen MR) is 67.2 cm³/mol. The summed E-state index contributed by atoms with van der Waals surface area (Å²) in [4.78, 5) is 13.5. The van der Waals surface area contributed by atoms with Gasteiger partial charge in [-0.25, -0.2) is 4.79 Å². The van der Waals surface area contributed by atoms with Crippen molar-refractivity contribution in [3.8, 4) is 0 Å². The Morgan fingerprint density at radius 3 is 2.82 bits per heavy atom. The zero-order valence-corrected chi connectivity index (χ0v) is 10.3. The Hall–Kier alpha value is -1.55. The van der Waals surface area contributed by atoms with E-state index in [1.54, 1.807) is 4.90 Å². The third-order valence-corrected chi connectivity index (χ3v) is 3.28. The fourth-order valence-electron chi connectivity index (χ4n) is 2.04. The number of nitrogens with two attached hydrogens (primary N) is 1. The number of carbonyl (C=O) groups is 1. The molecule has 1 saturated heterocycles. The first-order valence-electron chi connectivity index (χ1n) is 5.87. The number of carbonyl (C=O) groups excluding carboxylic acids is 1. The van der Waals surface area contributed by atoms with E-state index in [4.69, 9.17) is 10.5 Å². The molecule has 1 atom stereocenters. The molecule has 0 aromatic heterocycles. The van der Waals surface area contributed by atoms with Crippen molar-refractivity contribution in [2.75, 3.05) is 18.1 Å². The molecule has 0 saturated carbocycles. The first-order chi connectivity index (χ1) is 8.13. The normalized spacial score (nSPS) is 20.3. The SMILES string of the molecule is Cc1ccc(N2C(=O)OCCC2CN)cc1C. The van der Waals surface area contributed by atoms with Crippen LogP contribution in [-0.2, 0) is 4.74 Å². The van der Waals surface area contributed by atoms with Gasteiger partial charge in [0.05, 0.1) is 12.6 Å². The Balaban J connectivity index is 2.34. The minimum absolute atomic E-state index is 0.0401. The molecule has 1 fully saturated rings. The van der Waals surface area contributed by atoms with Crippen molar-refractivity contribution in [3.63, 3.8) is 0 Å². The number of anilines is 1. The number of cyclic esters (lactones) is 1. The molecule has 17 heavy (non-hydrogen) atoms. The highest BCUT2D eigenvalue weighted by Gasteiger charge is 2.30. The highest BCUT2D eigenvalue weighted by Crippen LogP contribution is 2.25. The van der Waals surface area contributed by atoms with Crippen LogP contribution in [-0.4, -0.2) is 25.3 Å². The number of amides is 1. The second kappa shape index (κ2) is 4.75. The van der Waals surface area contributed by atoms with Crippen LogP contribution in [0.1, 0.15) is 17.5 Å². The van der Waals surface area contributed by atoms with Crippen molar-refractivity contribution in [2.24, 2.45) is 5.73 Å². The van der Waals surface area contributed by atoms with Gasteiger partial charge in [-0.3, -0.25) is 4.90 Å². The number of benzene rings is 1. The molecule has 1 aliphatic heterocycles. The summed E-state index contributed by atoms with van der Waals surface area (Å²) in [6, 6.07) is 6.00. The highest BCUT2D eigenvalue weighted by molar-refractivity contribution is 5.89. The van der Waals surface area contributed by atoms with Gasteiger partial charge in [-0.1, -0.05) is 6.07 Å². The summed E-state index contributed by atoms with van der Waals surface area (Å²) >= 11 is 0. The molecule has 92 valence electrons. The third-order valence-electron chi connectivity index (χ3n) is 3.28. The van der Waals surface area contributed by atoms with Gasteiger partial charge in [0.15, 0.2) is 0 Å². The number of aryl methyl sites for hydroxylation is 2. The molecule has 0 radical (unpaired) electrons. The van der Waals surface area contributed by atoms with Gasteiger partial charge < -0.3 is 10.5 Å². The number of rotatable bonds is 2. The van der Waals surface area contributed by atoms with Crippen LogP contribution in [0.25, 0.3) is 0 Å². The molecule has 2 rings (SSSR count). The van der Waals surface area contributed by atoms with Crippen LogP contribution in [0.15, 0.2) is 18.2 Å². The van der Waals surface area contributed by atoms with Gasteiger partial charge in [0.25, 0.3) is 0 Å². The molecule has 1 aromatic carbocycles. The molecule has 0 aliphatic carbocycles. The molecule has 1 unspecified atom stereocenters. The molecule has 1 aliphatic rings. The molecule has 1 heterocycles. The van der Waals surface area contributed by atoms with Crippen LogP contribution in [0.5, 0.6) is 0 Å². The van der Waals surface area contributed by atoms with E-state index in [1.807, 2.05) is 32.0 Å². The molecule has 4 nitrogen and oxygen atoms in total. The van der Waals surface area contributed by atoms with Crippen molar-refractivity contribution in [3.05, 3.63) is 29.3 Å². The molecular formula is C13H18N2O2. The molecule has 4 heteroatoms. The van der Waals surface area contributed by atoms with Crippen LogP contribution >= 0.6 is 0 Å².